The van der Waals surface area contributed by atoms with Crippen molar-refractivity contribution < 1.29 is 32.6 Å². The van der Waals surface area contributed by atoms with Crippen molar-refractivity contribution in [1.29, 1.82) is 0 Å². The normalized spacial score (nSPS) is 19.7. The van der Waals surface area contributed by atoms with E-state index in [1.165, 1.54) is 6.07 Å². The van der Waals surface area contributed by atoms with Crippen molar-refractivity contribution in [3.8, 4) is 17.3 Å². The van der Waals surface area contributed by atoms with Crippen molar-refractivity contribution >= 4 is 0 Å². The molecule has 1 aliphatic heterocycles. The molecule has 0 saturated heterocycles. The minimum atomic E-state index is -4.89. The van der Waals surface area contributed by atoms with Crippen molar-refractivity contribution in [3.63, 3.8) is 0 Å². The first-order valence-corrected chi connectivity index (χ1v) is 8.04. The highest BCUT2D eigenvalue weighted by molar-refractivity contribution is 5.63. The topological polar surface area (TPSA) is 93.5 Å². The van der Waals surface area contributed by atoms with Crippen LogP contribution in [0.4, 0.5) is 13.2 Å². The van der Waals surface area contributed by atoms with Gasteiger partial charge in [0, 0.05) is 24.1 Å². The van der Waals surface area contributed by atoms with Crippen LogP contribution in [0.2, 0.25) is 0 Å². The average Bonchev–Trinajstić information content (AvgIpc) is 3.06. The number of ether oxygens (including phenoxy) is 1. The smallest absolute Gasteiger partial charge is 0.422 e. The minimum Gasteiger partial charge on any atom is -0.474 e. The Morgan fingerprint density at radius 1 is 1.31 bits per heavy atom. The van der Waals surface area contributed by atoms with E-state index in [0.29, 0.717) is 12.6 Å². The number of fused-ring (bicyclic) bond motifs is 3. The Bertz CT molecular complexity index is 818. The molecule has 0 fully saturated rings. The molecule has 144 valence electrons. The summed E-state index contributed by atoms with van der Waals surface area (Å²) in [6, 6.07) is 1.51. The lowest BCUT2D eigenvalue weighted by Gasteiger charge is -2.27. The number of rotatable bonds is 4. The van der Waals surface area contributed by atoms with Crippen LogP contribution >= 0.6 is 0 Å². The van der Waals surface area contributed by atoms with Crippen molar-refractivity contribution in [3.05, 3.63) is 17.3 Å². The number of alkyl halides is 3. The van der Waals surface area contributed by atoms with Crippen LogP contribution in [0.25, 0.3) is 11.5 Å². The zero-order valence-corrected chi connectivity index (χ0v) is 14.8. The maximum absolute atomic E-state index is 13.2. The van der Waals surface area contributed by atoms with Gasteiger partial charge in [-0.2, -0.15) is 13.2 Å². The van der Waals surface area contributed by atoms with Crippen LogP contribution in [-0.2, 0) is 12.1 Å². The molecule has 0 spiro atoms. The Labute approximate surface area is 147 Å². The van der Waals surface area contributed by atoms with Crippen LogP contribution in [0.5, 0.6) is 5.88 Å². The number of hydrogen-bond acceptors (Lipinski definition) is 6. The zero-order chi connectivity index (χ0) is 19.5. The van der Waals surface area contributed by atoms with Gasteiger partial charge in [0.25, 0.3) is 0 Å². The van der Waals surface area contributed by atoms with Gasteiger partial charge in [-0.1, -0.05) is 12.1 Å². The summed E-state index contributed by atoms with van der Waals surface area (Å²) >= 11 is 0. The Morgan fingerprint density at radius 2 is 1.96 bits per heavy atom. The third kappa shape index (κ3) is 3.07. The molecule has 0 radical (unpaired) electrons. The summed E-state index contributed by atoms with van der Waals surface area (Å²) in [4.78, 5) is 0. The molecular weight excluding hydrogens is 355 g/mol. The molecule has 2 atom stereocenters. The highest BCUT2D eigenvalue weighted by Gasteiger charge is 2.55. The number of aliphatic hydroxyl groups is 2. The molecule has 10 heteroatoms. The fourth-order valence-electron chi connectivity index (χ4n) is 2.81. The summed E-state index contributed by atoms with van der Waals surface area (Å²) in [6.45, 7) is 5.78. The zero-order valence-electron chi connectivity index (χ0n) is 14.8. The van der Waals surface area contributed by atoms with Crippen LogP contribution in [-0.4, -0.2) is 43.5 Å². The molecule has 0 aliphatic carbocycles. The number of aromatic nitrogens is 3. The van der Waals surface area contributed by atoms with Gasteiger partial charge < -0.3 is 19.5 Å². The van der Waals surface area contributed by atoms with E-state index in [-0.39, 0.29) is 30.4 Å². The van der Waals surface area contributed by atoms with E-state index in [1.54, 1.807) is 25.5 Å². The molecule has 0 aromatic carbocycles. The number of halogens is 3. The molecule has 0 saturated carbocycles. The highest BCUT2D eigenvalue weighted by Crippen LogP contribution is 2.46. The summed E-state index contributed by atoms with van der Waals surface area (Å²) in [6.07, 6.45) is -4.89. The summed E-state index contributed by atoms with van der Waals surface area (Å²) in [7, 11) is 0. The first kappa shape index (κ1) is 18.7. The molecule has 3 rings (SSSR count). The van der Waals surface area contributed by atoms with E-state index in [1.807, 2.05) is 0 Å². The summed E-state index contributed by atoms with van der Waals surface area (Å²) in [5, 5.41) is 27.5. The van der Waals surface area contributed by atoms with E-state index in [0.717, 1.165) is 0 Å². The van der Waals surface area contributed by atoms with Crippen LogP contribution in [0.15, 0.2) is 10.6 Å². The summed E-state index contributed by atoms with van der Waals surface area (Å²) < 4.78 is 51.8. The standard InChI is InChI=1S/C16H20F3N3O4/c1-8-6-22-9(5-10(20-22)25-7-14(2,3)23)12-11(8)13(21-26-12)15(4,24)16(17,18)19/h5,8,23-24H,6-7H2,1-4H3/t8-,15+/m1/s1. The molecule has 2 aromatic heterocycles. The quantitative estimate of drug-likeness (QED) is 0.853. The highest BCUT2D eigenvalue weighted by atomic mass is 19.4. The van der Waals surface area contributed by atoms with Crippen molar-refractivity contribution in [2.24, 2.45) is 0 Å². The summed E-state index contributed by atoms with van der Waals surface area (Å²) in [5.41, 5.74) is -4.12. The second kappa shape index (κ2) is 5.71. The van der Waals surface area contributed by atoms with E-state index in [4.69, 9.17) is 9.26 Å². The van der Waals surface area contributed by atoms with Gasteiger partial charge >= 0.3 is 6.18 Å². The second-order valence-electron chi connectivity index (χ2n) is 7.40. The number of nitrogens with zero attached hydrogens (tertiary/aromatic N) is 3. The maximum Gasteiger partial charge on any atom is 0.422 e. The first-order chi connectivity index (χ1) is 11.8. The second-order valence-corrected chi connectivity index (χ2v) is 7.40. The minimum absolute atomic E-state index is 0.00367. The van der Waals surface area contributed by atoms with Crippen molar-refractivity contribution in [2.75, 3.05) is 6.61 Å². The molecular formula is C16H20F3N3O4. The Balaban J connectivity index is 2.01. The Hall–Kier alpha value is -2.07. The fourth-order valence-corrected chi connectivity index (χ4v) is 2.81. The predicted octanol–water partition coefficient (Wildman–Crippen LogP) is 2.57. The molecule has 2 aromatic rings. The van der Waals surface area contributed by atoms with Gasteiger partial charge in [-0.05, 0) is 20.8 Å². The number of hydrogen-bond donors (Lipinski definition) is 2. The van der Waals surface area contributed by atoms with E-state index < -0.39 is 29.0 Å². The van der Waals surface area contributed by atoms with E-state index >= 15 is 0 Å². The lowest BCUT2D eigenvalue weighted by Crippen LogP contribution is -2.40. The lowest BCUT2D eigenvalue weighted by atomic mass is 9.88. The van der Waals surface area contributed by atoms with Gasteiger partial charge in [0.15, 0.2) is 5.76 Å². The van der Waals surface area contributed by atoms with Gasteiger partial charge in [-0.3, -0.25) is 4.68 Å². The van der Waals surface area contributed by atoms with Crippen LogP contribution in [0.1, 0.15) is 44.9 Å². The van der Waals surface area contributed by atoms with Crippen LogP contribution in [0.3, 0.4) is 0 Å². The molecule has 0 bridgehead atoms. The lowest BCUT2D eigenvalue weighted by molar-refractivity contribution is -0.261. The molecule has 0 amide bonds. The molecule has 2 N–H and O–H groups in total. The predicted molar refractivity (Wildman–Crippen MR) is 83.6 cm³/mol. The van der Waals surface area contributed by atoms with Crippen LogP contribution in [0, 0.1) is 0 Å². The largest absolute Gasteiger partial charge is 0.474 e. The van der Waals surface area contributed by atoms with E-state index in [2.05, 4.69) is 10.3 Å². The Morgan fingerprint density at radius 3 is 2.54 bits per heavy atom. The van der Waals surface area contributed by atoms with Gasteiger partial charge in [-0.25, -0.2) is 0 Å². The first-order valence-electron chi connectivity index (χ1n) is 8.04. The fraction of sp³-hybridized carbons (Fsp3) is 0.625. The Kier molecular flexibility index (Phi) is 4.11. The molecule has 26 heavy (non-hydrogen) atoms. The van der Waals surface area contributed by atoms with Gasteiger partial charge in [-0.15, -0.1) is 5.10 Å². The van der Waals surface area contributed by atoms with Gasteiger partial charge in [0.05, 0.1) is 5.60 Å². The molecule has 3 heterocycles. The molecule has 7 nitrogen and oxygen atoms in total. The van der Waals surface area contributed by atoms with Gasteiger partial charge in [0.2, 0.25) is 11.5 Å². The monoisotopic (exact) mass is 375 g/mol. The van der Waals surface area contributed by atoms with Crippen molar-refractivity contribution in [2.45, 2.75) is 57.5 Å². The molecule has 1 aliphatic rings. The third-order valence-electron chi connectivity index (χ3n) is 4.24. The van der Waals surface area contributed by atoms with Crippen LogP contribution < -0.4 is 4.74 Å². The molecule has 0 unspecified atom stereocenters. The van der Waals surface area contributed by atoms with Crippen molar-refractivity contribution in [1.82, 2.24) is 14.9 Å². The average molecular weight is 375 g/mol. The van der Waals surface area contributed by atoms with E-state index in [9.17, 15) is 23.4 Å². The third-order valence-corrected chi connectivity index (χ3v) is 4.24. The summed E-state index contributed by atoms with van der Waals surface area (Å²) in [5.74, 6) is -0.0776. The SMILES string of the molecule is C[C@@H]1Cn2nc(OCC(C)(C)O)cc2-c2onc([C@](C)(O)C(F)(F)F)c21. The maximum atomic E-state index is 13.2. The van der Waals surface area contributed by atoms with Gasteiger partial charge in [0.1, 0.15) is 18.0 Å².